The predicted octanol–water partition coefficient (Wildman–Crippen LogP) is 4.03. The topological polar surface area (TPSA) is 66.5 Å². The van der Waals surface area contributed by atoms with Gasteiger partial charge in [-0.25, -0.2) is 12.7 Å². The zero-order valence-electron chi connectivity index (χ0n) is 16.7. The van der Waals surface area contributed by atoms with Crippen molar-refractivity contribution >= 4 is 39.1 Å². The van der Waals surface area contributed by atoms with Gasteiger partial charge < -0.3 is 5.32 Å². The van der Waals surface area contributed by atoms with Crippen molar-refractivity contribution in [2.24, 2.45) is 0 Å². The molecule has 1 N–H and O–H groups in total. The standard InChI is InChI=1S/C22H24Cl2N2O3S/c1-2-30(28,29)26-11-9-22(10-12-26)18-6-4-3-5-15(18)13-20(22)25-21(27)17-8-7-16(23)14-19(17)24/h3-8,14,20H,2,9-13H2,1H3,(H,25,27). The molecule has 160 valence electrons. The Morgan fingerprint density at radius 3 is 2.53 bits per heavy atom. The van der Waals surface area contributed by atoms with Gasteiger partial charge >= 0.3 is 0 Å². The molecule has 4 rings (SSSR count). The average Bonchev–Trinajstić information content (AvgIpc) is 3.01. The molecule has 0 radical (unpaired) electrons. The second-order valence-corrected chi connectivity index (χ2v) is 11.1. The number of carbonyl (C=O) groups excluding carboxylic acids is 1. The van der Waals surface area contributed by atoms with Crippen molar-refractivity contribution in [1.82, 2.24) is 9.62 Å². The van der Waals surface area contributed by atoms with Crippen LogP contribution >= 0.6 is 23.2 Å². The van der Waals surface area contributed by atoms with Gasteiger partial charge in [-0.1, -0.05) is 47.5 Å². The third-order valence-electron chi connectivity index (χ3n) is 6.50. The molecule has 1 amide bonds. The number of benzene rings is 2. The van der Waals surface area contributed by atoms with Crippen molar-refractivity contribution in [3.63, 3.8) is 0 Å². The number of amides is 1. The molecular formula is C22H24Cl2N2O3S. The highest BCUT2D eigenvalue weighted by atomic mass is 35.5. The number of halogens is 2. The fourth-order valence-electron chi connectivity index (χ4n) is 4.85. The highest BCUT2D eigenvalue weighted by molar-refractivity contribution is 7.89. The molecule has 0 aromatic heterocycles. The molecule has 30 heavy (non-hydrogen) atoms. The summed E-state index contributed by atoms with van der Waals surface area (Å²) in [6, 6.07) is 12.9. The smallest absolute Gasteiger partial charge is 0.253 e. The van der Waals surface area contributed by atoms with Gasteiger partial charge in [0.05, 0.1) is 16.3 Å². The van der Waals surface area contributed by atoms with Crippen LogP contribution in [0.1, 0.15) is 41.3 Å². The van der Waals surface area contributed by atoms with Crippen molar-refractivity contribution in [3.8, 4) is 0 Å². The molecule has 1 aliphatic carbocycles. The van der Waals surface area contributed by atoms with Crippen LogP contribution in [0.3, 0.4) is 0 Å². The fourth-order valence-corrected chi connectivity index (χ4v) is 6.45. The second kappa shape index (κ2) is 8.15. The number of hydrogen-bond donors (Lipinski definition) is 1. The summed E-state index contributed by atoms with van der Waals surface area (Å²) in [7, 11) is -3.22. The Balaban J connectivity index is 1.62. The first-order valence-corrected chi connectivity index (χ1v) is 12.5. The maximum atomic E-state index is 13.0. The first kappa shape index (κ1) is 21.6. The van der Waals surface area contributed by atoms with E-state index in [0.29, 0.717) is 48.0 Å². The quantitative estimate of drug-likeness (QED) is 0.739. The average molecular weight is 467 g/mol. The van der Waals surface area contributed by atoms with Crippen LogP contribution in [-0.2, 0) is 21.9 Å². The maximum absolute atomic E-state index is 13.0. The van der Waals surface area contributed by atoms with Crippen molar-refractivity contribution in [3.05, 3.63) is 69.2 Å². The van der Waals surface area contributed by atoms with Crippen LogP contribution in [0, 0.1) is 0 Å². The van der Waals surface area contributed by atoms with Gasteiger partial charge in [0.2, 0.25) is 10.0 Å². The van der Waals surface area contributed by atoms with E-state index in [1.54, 1.807) is 29.4 Å². The summed E-state index contributed by atoms with van der Waals surface area (Å²) in [6.45, 7) is 2.58. The highest BCUT2D eigenvalue weighted by Gasteiger charge is 2.49. The SMILES string of the molecule is CCS(=O)(=O)N1CCC2(CC1)c1ccccc1CC2NC(=O)c1ccc(Cl)cc1Cl. The summed E-state index contributed by atoms with van der Waals surface area (Å²) < 4.78 is 26.3. The number of piperidine rings is 1. The Hall–Kier alpha value is -1.60. The zero-order valence-corrected chi connectivity index (χ0v) is 19.0. The normalized spacial score (nSPS) is 20.8. The van der Waals surface area contributed by atoms with Gasteiger partial charge in [-0.2, -0.15) is 0 Å². The molecule has 8 heteroatoms. The molecule has 0 saturated carbocycles. The first-order valence-electron chi connectivity index (χ1n) is 10.1. The number of carbonyl (C=O) groups is 1. The molecule has 1 spiro atoms. The number of rotatable bonds is 4. The summed E-state index contributed by atoms with van der Waals surface area (Å²) in [5.74, 6) is -0.135. The molecule has 1 aliphatic heterocycles. The third-order valence-corrected chi connectivity index (χ3v) is 8.93. The van der Waals surface area contributed by atoms with Gasteiger partial charge in [0, 0.05) is 29.6 Å². The fraction of sp³-hybridized carbons (Fsp3) is 0.409. The summed E-state index contributed by atoms with van der Waals surface area (Å²) in [5, 5.41) is 3.99. The molecule has 1 unspecified atom stereocenters. The number of sulfonamides is 1. The molecule has 1 heterocycles. The molecule has 2 aromatic rings. The van der Waals surface area contributed by atoms with Crippen LogP contribution in [0.5, 0.6) is 0 Å². The van der Waals surface area contributed by atoms with Crippen molar-refractivity contribution in [2.45, 2.75) is 37.6 Å². The van der Waals surface area contributed by atoms with Crippen LogP contribution in [-0.4, -0.2) is 43.5 Å². The van der Waals surface area contributed by atoms with E-state index in [0.717, 1.165) is 0 Å². The van der Waals surface area contributed by atoms with Crippen molar-refractivity contribution in [1.29, 1.82) is 0 Å². The maximum Gasteiger partial charge on any atom is 0.253 e. The molecule has 5 nitrogen and oxygen atoms in total. The molecule has 1 atom stereocenters. The number of hydrogen-bond acceptors (Lipinski definition) is 3. The van der Waals surface area contributed by atoms with E-state index in [-0.39, 0.29) is 23.1 Å². The lowest BCUT2D eigenvalue weighted by Crippen LogP contribution is -2.54. The van der Waals surface area contributed by atoms with Crippen molar-refractivity contribution < 1.29 is 13.2 Å². The molecule has 1 saturated heterocycles. The van der Waals surface area contributed by atoms with E-state index >= 15 is 0 Å². The minimum absolute atomic E-state index is 0.103. The van der Waals surface area contributed by atoms with Crippen LogP contribution in [0.2, 0.25) is 10.0 Å². The van der Waals surface area contributed by atoms with E-state index in [1.807, 2.05) is 12.1 Å². The number of fused-ring (bicyclic) bond motifs is 2. The Morgan fingerprint density at radius 1 is 1.17 bits per heavy atom. The third kappa shape index (κ3) is 3.75. The molecule has 2 aromatic carbocycles. The van der Waals surface area contributed by atoms with E-state index in [2.05, 4.69) is 17.4 Å². The van der Waals surface area contributed by atoms with E-state index < -0.39 is 10.0 Å². The zero-order chi connectivity index (χ0) is 21.5. The van der Waals surface area contributed by atoms with Gasteiger partial charge in [0.1, 0.15) is 0 Å². The summed E-state index contributed by atoms with van der Waals surface area (Å²) in [4.78, 5) is 13.0. The second-order valence-electron chi connectivity index (χ2n) is 7.97. The summed E-state index contributed by atoms with van der Waals surface area (Å²) in [5.41, 5.74) is 2.52. The predicted molar refractivity (Wildman–Crippen MR) is 120 cm³/mol. The lowest BCUT2D eigenvalue weighted by atomic mass is 9.71. The lowest BCUT2D eigenvalue weighted by molar-refractivity contribution is 0.0897. The first-order chi connectivity index (χ1) is 14.3. The molecule has 2 aliphatic rings. The largest absolute Gasteiger partial charge is 0.348 e. The minimum atomic E-state index is -3.22. The van der Waals surface area contributed by atoms with Crippen molar-refractivity contribution in [2.75, 3.05) is 18.8 Å². The molecule has 1 fully saturated rings. The minimum Gasteiger partial charge on any atom is -0.348 e. The van der Waals surface area contributed by atoms with Gasteiger partial charge in [0.25, 0.3) is 5.91 Å². The Labute approximate surface area is 187 Å². The Bertz CT molecular complexity index is 1080. The van der Waals surface area contributed by atoms with Gasteiger partial charge in [-0.05, 0) is 55.5 Å². The van der Waals surface area contributed by atoms with E-state index in [9.17, 15) is 13.2 Å². The van der Waals surface area contributed by atoms with Crippen LogP contribution < -0.4 is 5.32 Å². The van der Waals surface area contributed by atoms with Crippen LogP contribution in [0.4, 0.5) is 0 Å². The monoisotopic (exact) mass is 466 g/mol. The van der Waals surface area contributed by atoms with Gasteiger partial charge in [-0.15, -0.1) is 0 Å². The number of nitrogens with one attached hydrogen (secondary N) is 1. The van der Waals surface area contributed by atoms with Gasteiger partial charge in [-0.3, -0.25) is 4.79 Å². The Kier molecular flexibility index (Phi) is 5.88. The van der Waals surface area contributed by atoms with E-state index in [1.165, 1.54) is 11.1 Å². The molecule has 0 bridgehead atoms. The highest BCUT2D eigenvalue weighted by Crippen LogP contribution is 2.47. The van der Waals surface area contributed by atoms with E-state index in [4.69, 9.17) is 23.2 Å². The molecular weight excluding hydrogens is 443 g/mol. The van der Waals surface area contributed by atoms with Gasteiger partial charge in [0.15, 0.2) is 0 Å². The summed E-state index contributed by atoms with van der Waals surface area (Å²) >= 11 is 12.2. The lowest BCUT2D eigenvalue weighted by Gasteiger charge is -2.43. The number of nitrogens with zero attached hydrogens (tertiary/aromatic N) is 1. The van der Waals surface area contributed by atoms with Crippen LogP contribution in [0.25, 0.3) is 0 Å². The summed E-state index contributed by atoms with van der Waals surface area (Å²) in [6.07, 6.45) is 2.05. The van der Waals surface area contributed by atoms with Crippen LogP contribution in [0.15, 0.2) is 42.5 Å². The Morgan fingerprint density at radius 2 is 1.87 bits per heavy atom.